The van der Waals surface area contributed by atoms with Gasteiger partial charge in [-0.2, -0.15) is 10.2 Å². The maximum Gasteiger partial charge on any atom is 0.244 e. The third kappa shape index (κ3) is 2.98. The Morgan fingerprint density at radius 2 is 2.39 bits per heavy atom. The summed E-state index contributed by atoms with van der Waals surface area (Å²) in [7, 11) is 1.84. The highest BCUT2D eigenvalue weighted by molar-refractivity contribution is 9.10. The standard InChI is InChI=1S/C11H14BrN5O/c1-8(17-7-9(12)5-14-17)11(18)13-6-10-3-4-16(2)15-10/h3-5,7-8H,6H2,1-2H3,(H,13,18). The first-order chi connectivity index (χ1) is 8.56. The van der Waals surface area contributed by atoms with Crippen LogP contribution in [0, 0.1) is 0 Å². The fraction of sp³-hybridized carbons (Fsp3) is 0.364. The second-order valence-electron chi connectivity index (χ2n) is 4.01. The number of nitrogens with one attached hydrogen (secondary N) is 1. The summed E-state index contributed by atoms with van der Waals surface area (Å²) in [5, 5.41) is 11.1. The predicted octanol–water partition coefficient (Wildman–Crippen LogP) is 1.26. The smallest absolute Gasteiger partial charge is 0.244 e. The van der Waals surface area contributed by atoms with Gasteiger partial charge in [0.1, 0.15) is 6.04 Å². The van der Waals surface area contributed by atoms with Crippen LogP contribution in [-0.2, 0) is 18.4 Å². The van der Waals surface area contributed by atoms with Crippen molar-refractivity contribution >= 4 is 21.8 Å². The Morgan fingerprint density at radius 1 is 1.61 bits per heavy atom. The van der Waals surface area contributed by atoms with Gasteiger partial charge in [0.15, 0.2) is 0 Å². The molecule has 2 heterocycles. The lowest BCUT2D eigenvalue weighted by Gasteiger charge is -2.11. The zero-order valence-corrected chi connectivity index (χ0v) is 11.8. The first-order valence-electron chi connectivity index (χ1n) is 5.52. The second-order valence-corrected chi connectivity index (χ2v) is 4.93. The molecule has 0 saturated carbocycles. The lowest BCUT2D eigenvalue weighted by Crippen LogP contribution is -2.31. The minimum absolute atomic E-state index is 0.0868. The Labute approximate surface area is 113 Å². The molecule has 0 bridgehead atoms. The molecule has 1 unspecified atom stereocenters. The zero-order valence-electron chi connectivity index (χ0n) is 10.2. The monoisotopic (exact) mass is 311 g/mol. The predicted molar refractivity (Wildman–Crippen MR) is 69.7 cm³/mol. The number of halogens is 1. The number of carbonyl (C=O) groups is 1. The minimum Gasteiger partial charge on any atom is -0.349 e. The molecule has 0 aliphatic rings. The summed E-state index contributed by atoms with van der Waals surface area (Å²) in [6, 6.07) is 1.52. The molecule has 6 nitrogen and oxygen atoms in total. The van der Waals surface area contributed by atoms with E-state index >= 15 is 0 Å². The highest BCUT2D eigenvalue weighted by Gasteiger charge is 2.15. The molecule has 0 fully saturated rings. The van der Waals surface area contributed by atoms with E-state index in [1.54, 1.807) is 28.7 Å². The van der Waals surface area contributed by atoms with Gasteiger partial charge in [0.05, 0.1) is 22.9 Å². The molecule has 96 valence electrons. The van der Waals surface area contributed by atoms with Crippen LogP contribution in [0.5, 0.6) is 0 Å². The van der Waals surface area contributed by atoms with Crippen molar-refractivity contribution in [3.63, 3.8) is 0 Å². The van der Waals surface area contributed by atoms with Gasteiger partial charge in [0.25, 0.3) is 0 Å². The molecule has 7 heteroatoms. The van der Waals surface area contributed by atoms with E-state index < -0.39 is 0 Å². The van der Waals surface area contributed by atoms with Crippen LogP contribution in [0.4, 0.5) is 0 Å². The molecule has 0 radical (unpaired) electrons. The van der Waals surface area contributed by atoms with Gasteiger partial charge in [-0.25, -0.2) is 0 Å². The van der Waals surface area contributed by atoms with E-state index in [0.29, 0.717) is 6.54 Å². The number of rotatable bonds is 4. The van der Waals surface area contributed by atoms with Gasteiger partial charge >= 0.3 is 0 Å². The van der Waals surface area contributed by atoms with Gasteiger partial charge in [-0.05, 0) is 28.9 Å². The fourth-order valence-electron chi connectivity index (χ4n) is 1.53. The van der Waals surface area contributed by atoms with Gasteiger partial charge in [0, 0.05) is 19.4 Å². The van der Waals surface area contributed by atoms with Crippen molar-refractivity contribution in [1.82, 2.24) is 24.9 Å². The van der Waals surface area contributed by atoms with Crippen molar-refractivity contribution in [3.8, 4) is 0 Å². The zero-order chi connectivity index (χ0) is 13.1. The molecule has 1 amide bonds. The number of aryl methyl sites for hydroxylation is 1. The lowest BCUT2D eigenvalue weighted by atomic mass is 10.3. The summed E-state index contributed by atoms with van der Waals surface area (Å²) >= 11 is 3.30. The van der Waals surface area contributed by atoms with Crippen molar-refractivity contribution in [2.75, 3.05) is 0 Å². The quantitative estimate of drug-likeness (QED) is 0.924. The van der Waals surface area contributed by atoms with Crippen LogP contribution in [0.15, 0.2) is 29.1 Å². The lowest BCUT2D eigenvalue weighted by molar-refractivity contribution is -0.124. The van der Waals surface area contributed by atoms with E-state index in [2.05, 4.69) is 31.4 Å². The van der Waals surface area contributed by atoms with Crippen LogP contribution >= 0.6 is 15.9 Å². The van der Waals surface area contributed by atoms with Crippen LogP contribution in [0.3, 0.4) is 0 Å². The number of nitrogens with zero attached hydrogens (tertiary/aromatic N) is 4. The van der Waals surface area contributed by atoms with E-state index in [1.165, 1.54) is 0 Å². The fourth-order valence-corrected chi connectivity index (χ4v) is 1.83. The number of amides is 1. The minimum atomic E-state index is -0.347. The van der Waals surface area contributed by atoms with Gasteiger partial charge in [-0.1, -0.05) is 0 Å². The van der Waals surface area contributed by atoms with E-state index in [0.717, 1.165) is 10.2 Å². The second kappa shape index (κ2) is 5.34. The molecule has 1 N–H and O–H groups in total. The maximum absolute atomic E-state index is 11.9. The SMILES string of the molecule is CC(C(=O)NCc1ccn(C)n1)n1cc(Br)cn1. The Bertz CT molecular complexity index is 547. The summed E-state index contributed by atoms with van der Waals surface area (Å²) in [4.78, 5) is 11.9. The number of hydrogen-bond donors (Lipinski definition) is 1. The molecule has 2 aromatic heterocycles. The first kappa shape index (κ1) is 12.8. The largest absolute Gasteiger partial charge is 0.349 e. The van der Waals surface area contributed by atoms with E-state index in [1.807, 2.05) is 19.3 Å². The third-order valence-electron chi connectivity index (χ3n) is 2.56. The average molecular weight is 312 g/mol. The van der Waals surface area contributed by atoms with Gasteiger partial charge < -0.3 is 5.32 Å². The normalized spacial score (nSPS) is 12.4. The maximum atomic E-state index is 11.9. The van der Waals surface area contributed by atoms with Crippen molar-refractivity contribution < 1.29 is 4.79 Å². The number of hydrogen-bond acceptors (Lipinski definition) is 3. The Hall–Kier alpha value is -1.63. The summed E-state index contributed by atoms with van der Waals surface area (Å²) < 4.78 is 4.17. The molecule has 1 atom stereocenters. The van der Waals surface area contributed by atoms with Crippen LogP contribution in [0.1, 0.15) is 18.7 Å². The highest BCUT2D eigenvalue weighted by Crippen LogP contribution is 2.11. The Kier molecular flexibility index (Phi) is 3.81. The van der Waals surface area contributed by atoms with Gasteiger partial charge in [0.2, 0.25) is 5.91 Å². The summed E-state index contributed by atoms with van der Waals surface area (Å²) in [6.45, 7) is 2.22. The van der Waals surface area contributed by atoms with Crippen LogP contribution < -0.4 is 5.32 Å². The van der Waals surface area contributed by atoms with Crippen molar-refractivity contribution in [2.45, 2.75) is 19.5 Å². The van der Waals surface area contributed by atoms with E-state index in [9.17, 15) is 4.79 Å². The molecular weight excluding hydrogens is 298 g/mol. The van der Waals surface area contributed by atoms with E-state index in [-0.39, 0.29) is 11.9 Å². The molecule has 0 aliphatic carbocycles. The number of carbonyl (C=O) groups excluding carboxylic acids is 1. The Balaban J connectivity index is 1.92. The van der Waals surface area contributed by atoms with Crippen molar-refractivity contribution in [2.24, 2.45) is 7.05 Å². The summed E-state index contributed by atoms with van der Waals surface area (Å²) in [5.74, 6) is -0.0868. The molecule has 2 rings (SSSR count). The number of aromatic nitrogens is 4. The molecule has 0 saturated heterocycles. The average Bonchev–Trinajstić information content (AvgIpc) is 2.94. The molecule has 0 aliphatic heterocycles. The first-order valence-corrected chi connectivity index (χ1v) is 6.31. The van der Waals surface area contributed by atoms with Gasteiger partial charge in [-0.15, -0.1) is 0 Å². The Morgan fingerprint density at radius 3 is 2.94 bits per heavy atom. The highest BCUT2D eigenvalue weighted by atomic mass is 79.9. The molecule has 0 aromatic carbocycles. The van der Waals surface area contributed by atoms with Crippen LogP contribution in [0.2, 0.25) is 0 Å². The van der Waals surface area contributed by atoms with Crippen LogP contribution in [0.25, 0.3) is 0 Å². The molecular formula is C11H14BrN5O. The van der Waals surface area contributed by atoms with Gasteiger partial charge in [-0.3, -0.25) is 14.2 Å². The molecule has 18 heavy (non-hydrogen) atoms. The molecule has 0 spiro atoms. The van der Waals surface area contributed by atoms with Crippen LogP contribution in [-0.4, -0.2) is 25.5 Å². The molecule has 2 aromatic rings. The summed E-state index contributed by atoms with van der Waals surface area (Å²) in [5.41, 5.74) is 0.833. The van der Waals surface area contributed by atoms with E-state index in [4.69, 9.17) is 0 Å². The summed E-state index contributed by atoms with van der Waals surface area (Å²) in [6.07, 6.45) is 5.27. The van der Waals surface area contributed by atoms with Crippen molar-refractivity contribution in [1.29, 1.82) is 0 Å². The topological polar surface area (TPSA) is 64.7 Å². The van der Waals surface area contributed by atoms with Crippen molar-refractivity contribution in [3.05, 3.63) is 34.8 Å². The third-order valence-corrected chi connectivity index (χ3v) is 2.97.